The first-order valence-corrected chi connectivity index (χ1v) is 17.5. The van der Waals surface area contributed by atoms with Crippen molar-refractivity contribution in [2.45, 2.75) is 75.0 Å². The zero-order chi connectivity index (χ0) is 32.7. The Hall–Kier alpha value is -3.54. The lowest BCUT2D eigenvalue weighted by Crippen LogP contribution is -2.49. The average molecular weight is 715 g/mol. The number of hydrogen-bond donors (Lipinski definition) is 3. The van der Waals surface area contributed by atoms with E-state index in [4.69, 9.17) is 5.73 Å². The van der Waals surface area contributed by atoms with Gasteiger partial charge in [-0.25, -0.2) is 18.1 Å². The molecule has 1 aliphatic heterocycles. The van der Waals surface area contributed by atoms with Gasteiger partial charge in [0.2, 0.25) is 11.8 Å². The van der Waals surface area contributed by atoms with Crippen molar-refractivity contribution in [3.05, 3.63) is 108 Å². The summed E-state index contributed by atoms with van der Waals surface area (Å²) in [5.74, 6) is -0.572. The maximum absolute atomic E-state index is 13.7. The highest BCUT2D eigenvalue weighted by Crippen LogP contribution is 2.27. The summed E-state index contributed by atoms with van der Waals surface area (Å²) in [7, 11) is -4.10. The third-order valence-electron chi connectivity index (χ3n) is 9.02. The third kappa shape index (κ3) is 9.33. The monoisotopic (exact) mass is 713 g/mol. The number of carbonyl (C=O) groups is 2. The third-order valence-corrected chi connectivity index (χ3v) is 10.4. The van der Waals surface area contributed by atoms with Gasteiger partial charge >= 0.3 is 0 Å². The van der Waals surface area contributed by atoms with Gasteiger partial charge in [0.25, 0.3) is 10.0 Å². The van der Waals surface area contributed by atoms with E-state index < -0.39 is 33.6 Å². The molecule has 1 fully saturated rings. The number of pyridine rings is 1. The van der Waals surface area contributed by atoms with Gasteiger partial charge in [0.1, 0.15) is 6.04 Å². The molecule has 0 bridgehead atoms. The molecule has 4 N–H and O–H groups in total. The lowest BCUT2D eigenvalue weighted by Gasteiger charge is -2.28. The molecule has 0 spiro atoms. The molecule has 3 aromatic carbocycles. The van der Waals surface area contributed by atoms with Crippen LogP contribution in [0.3, 0.4) is 0 Å². The number of carbonyl (C=O) groups excluding carboxylic acids is 2. The molecule has 48 heavy (non-hydrogen) atoms. The van der Waals surface area contributed by atoms with E-state index in [1.165, 1.54) is 6.07 Å². The van der Waals surface area contributed by atoms with E-state index >= 15 is 0 Å². The number of para-hydroxylation sites is 1. The smallest absolute Gasteiger partial charge is 0.258 e. The van der Waals surface area contributed by atoms with Crippen molar-refractivity contribution < 1.29 is 18.0 Å². The molecule has 0 aliphatic carbocycles. The van der Waals surface area contributed by atoms with Crippen LogP contribution in [-0.4, -0.2) is 49.2 Å². The molecular weight excluding hydrogens is 669 g/mol. The van der Waals surface area contributed by atoms with Gasteiger partial charge in [-0.05, 0) is 60.6 Å². The van der Waals surface area contributed by atoms with E-state index in [0.29, 0.717) is 30.6 Å². The topological polar surface area (TPSA) is 134 Å². The van der Waals surface area contributed by atoms with Crippen LogP contribution in [0.2, 0.25) is 0 Å². The zero-order valence-corrected chi connectivity index (χ0v) is 29.8. The highest BCUT2D eigenvalue weighted by molar-refractivity contribution is 7.89. The van der Waals surface area contributed by atoms with Gasteiger partial charge in [0.15, 0.2) is 5.03 Å². The molecule has 2 atom stereocenters. The summed E-state index contributed by atoms with van der Waals surface area (Å²) < 4.78 is 29.8. The highest BCUT2D eigenvalue weighted by atomic mass is 35.5. The molecule has 5 rings (SSSR count). The largest absolute Gasteiger partial charge is 0.344 e. The number of amides is 2. The first-order chi connectivity index (χ1) is 22.1. The molecule has 0 radical (unpaired) electrons. The summed E-state index contributed by atoms with van der Waals surface area (Å²) >= 11 is 0. The van der Waals surface area contributed by atoms with E-state index in [0.717, 1.165) is 42.2 Å². The summed E-state index contributed by atoms with van der Waals surface area (Å²) in [4.78, 5) is 33.5. The predicted octanol–water partition coefficient (Wildman–Crippen LogP) is 5.81. The molecular formula is C36H45Cl2N5O4S. The van der Waals surface area contributed by atoms with Gasteiger partial charge in [-0.2, -0.15) is 0 Å². The van der Waals surface area contributed by atoms with E-state index in [2.05, 4.69) is 28.9 Å². The van der Waals surface area contributed by atoms with Crippen molar-refractivity contribution in [3.8, 4) is 0 Å². The molecule has 1 aliphatic rings. The maximum atomic E-state index is 13.7. The normalized spacial score (nSPS) is 14.4. The van der Waals surface area contributed by atoms with Crippen molar-refractivity contribution >= 4 is 57.6 Å². The Morgan fingerprint density at radius 1 is 0.875 bits per heavy atom. The summed E-state index contributed by atoms with van der Waals surface area (Å²) in [6.07, 6.45) is 3.56. The number of halogens is 2. The minimum Gasteiger partial charge on any atom is -0.344 e. The van der Waals surface area contributed by atoms with Gasteiger partial charge in [-0.15, -0.1) is 24.8 Å². The number of hydrogen-bond acceptors (Lipinski definition) is 6. The number of likely N-dealkylation sites (tertiary alicyclic amines) is 1. The van der Waals surface area contributed by atoms with Crippen molar-refractivity contribution in [2.24, 2.45) is 5.73 Å². The zero-order valence-electron chi connectivity index (χ0n) is 27.3. The number of nitrogens with one attached hydrogen (secondary N) is 2. The highest BCUT2D eigenvalue weighted by Gasteiger charge is 2.31. The van der Waals surface area contributed by atoms with Gasteiger partial charge in [0, 0.05) is 36.9 Å². The predicted molar refractivity (Wildman–Crippen MR) is 195 cm³/mol. The van der Waals surface area contributed by atoms with Crippen molar-refractivity contribution in [2.75, 3.05) is 13.1 Å². The summed E-state index contributed by atoms with van der Waals surface area (Å²) in [5, 5.41) is 3.64. The Balaban J connectivity index is 0.00000312. The first-order valence-electron chi connectivity index (χ1n) is 16.0. The van der Waals surface area contributed by atoms with Crippen LogP contribution in [0.4, 0.5) is 0 Å². The molecule has 1 saturated heterocycles. The number of fused-ring (bicyclic) bond motifs is 1. The quantitative estimate of drug-likeness (QED) is 0.160. The van der Waals surface area contributed by atoms with Gasteiger partial charge in [-0.1, -0.05) is 86.6 Å². The second-order valence-electron chi connectivity index (χ2n) is 12.0. The number of aromatic nitrogens is 1. The molecule has 2 heterocycles. The van der Waals surface area contributed by atoms with E-state index in [1.807, 2.05) is 42.5 Å². The van der Waals surface area contributed by atoms with Gasteiger partial charge in [0.05, 0.1) is 11.6 Å². The van der Waals surface area contributed by atoms with Crippen molar-refractivity contribution in [1.82, 2.24) is 19.9 Å². The molecule has 2 unspecified atom stereocenters. The molecule has 0 saturated carbocycles. The minimum atomic E-state index is -4.10. The summed E-state index contributed by atoms with van der Waals surface area (Å²) in [5.41, 5.74) is 9.29. The van der Waals surface area contributed by atoms with Crippen LogP contribution in [0.25, 0.3) is 10.9 Å². The number of sulfonamides is 1. The second kappa shape index (κ2) is 17.2. The van der Waals surface area contributed by atoms with E-state index in [-0.39, 0.29) is 42.2 Å². The number of nitrogens with zero attached hydrogens (tertiary/aromatic N) is 2. The molecule has 1 aromatic heterocycles. The Kier molecular flexibility index (Phi) is 14.0. The van der Waals surface area contributed by atoms with Crippen molar-refractivity contribution in [1.29, 1.82) is 0 Å². The molecule has 258 valence electrons. The summed E-state index contributed by atoms with van der Waals surface area (Å²) in [6, 6.07) is 25.6. The minimum absolute atomic E-state index is 0. The van der Waals surface area contributed by atoms with Crippen molar-refractivity contribution in [3.63, 3.8) is 0 Å². The fourth-order valence-electron chi connectivity index (χ4n) is 6.02. The molecule has 12 heteroatoms. The van der Waals surface area contributed by atoms with E-state index in [1.54, 1.807) is 47.4 Å². The summed E-state index contributed by atoms with van der Waals surface area (Å²) in [6.45, 7) is 5.44. The Morgan fingerprint density at radius 3 is 2.15 bits per heavy atom. The van der Waals surface area contributed by atoms with Crippen LogP contribution in [0.5, 0.6) is 0 Å². The average Bonchev–Trinajstić information content (AvgIpc) is 3.63. The van der Waals surface area contributed by atoms with E-state index in [9.17, 15) is 18.0 Å². The molecule has 2 amide bonds. The van der Waals surface area contributed by atoms with Crippen LogP contribution in [0.15, 0.2) is 96.0 Å². The number of rotatable bonds is 13. The Bertz CT molecular complexity index is 1760. The second-order valence-corrected chi connectivity index (χ2v) is 13.7. The lowest BCUT2D eigenvalue weighted by molar-refractivity contribution is -0.135. The van der Waals surface area contributed by atoms with Crippen LogP contribution < -0.4 is 15.8 Å². The van der Waals surface area contributed by atoms with Crippen LogP contribution in [0.1, 0.15) is 68.7 Å². The fraction of sp³-hybridized carbons (Fsp3) is 0.361. The SMILES string of the molecule is CCC(N)(CC)c1ccc(CC(NC(=O)CC(NS(=O)(=O)c2ccc3ccccc3n2)c2ccccc2)C(=O)N2CCCC2)cc1.Cl.Cl. The molecule has 4 aromatic rings. The number of nitrogens with two attached hydrogens (primary N) is 1. The Labute approximate surface area is 296 Å². The van der Waals surface area contributed by atoms with Crippen LogP contribution >= 0.6 is 24.8 Å². The van der Waals surface area contributed by atoms with Crippen LogP contribution in [-0.2, 0) is 31.6 Å². The Morgan fingerprint density at radius 2 is 1.50 bits per heavy atom. The lowest BCUT2D eigenvalue weighted by atomic mass is 9.85. The van der Waals surface area contributed by atoms with Crippen LogP contribution in [0, 0.1) is 0 Å². The van der Waals surface area contributed by atoms with Gasteiger partial charge < -0.3 is 16.0 Å². The number of benzene rings is 3. The standard InChI is InChI=1S/C36H43N5O4S.2ClH/c1-3-36(37,4-2)29-19-16-26(17-20-29)24-32(35(43)41-22-10-11-23-41)38-33(42)25-31(27-12-6-5-7-13-27)40-46(44,45)34-21-18-28-14-8-9-15-30(28)39-34;;/h5-9,12-21,31-32,40H,3-4,10-11,22-25,37H2,1-2H3,(H,38,42);2*1H. The van der Waals surface area contributed by atoms with Gasteiger partial charge in [-0.3, -0.25) is 9.59 Å². The fourth-order valence-corrected chi connectivity index (χ4v) is 7.20. The maximum Gasteiger partial charge on any atom is 0.258 e. The molecule has 9 nitrogen and oxygen atoms in total. The first kappa shape index (κ1) is 38.9.